The van der Waals surface area contributed by atoms with Gasteiger partial charge < -0.3 is 10.5 Å². The maximum Gasteiger partial charge on any atom is 0.307 e. The maximum absolute atomic E-state index is 11.2. The molecule has 1 atom stereocenters. The highest BCUT2D eigenvalue weighted by Crippen LogP contribution is 2.17. The van der Waals surface area contributed by atoms with E-state index < -0.39 is 0 Å². The number of rotatable bonds is 4. The van der Waals surface area contributed by atoms with Crippen molar-refractivity contribution in [1.29, 1.82) is 0 Å². The molecule has 0 aliphatic carbocycles. The van der Waals surface area contributed by atoms with Gasteiger partial charge in [-0.25, -0.2) is 4.98 Å². The van der Waals surface area contributed by atoms with Crippen LogP contribution in [0, 0.1) is 0 Å². The van der Waals surface area contributed by atoms with Crippen LogP contribution in [0.4, 0.5) is 0 Å². The molecule has 0 aromatic carbocycles. The van der Waals surface area contributed by atoms with Gasteiger partial charge in [0.1, 0.15) is 4.60 Å². The first-order valence-electron chi connectivity index (χ1n) is 4.66. The first-order chi connectivity index (χ1) is 7.13. The van der Waals surface area contributed by atoms with Crippen LogP contribution < -0.4 is 5.73 Å². The minimum atomic E-state index is -0.344. The Hall–Kier alpha value is -0.650. The standard InChI is InChI=1S/C10H13BrN2O2.ClH/c1-2-15-10(14)6-8(12)7-3-4-13-9(11)5-7;/h3-5,8H,2,6,12H2,1H3;1H/t8-;/m1./s1. The van der Waals surface area contributed by atoms with Gasteiger partial charge >= 0.3 is 5.97 Å². The summed E-state index contributed by atoms with van der Waals surface area (Å²) in [6.07, 6.45) is 1.83. The van der Waals surface area contributed by atoms with Gasteiger partial charge in [-0.15, -0.1) is 12.4 Å². The van der Waals surface area contributed by atoms with Crippen molar-refractivity contribution in [2.24, 2.45) is 5.73 Å². The van der Waals surface area contributed by atoms with E-state index in [1.54, 1.807) is 25.3 Å². The van der Waals surface area contributed by atoms with Crippen LogP contribution in [-0.4, -0.2) is 17.6 Å². The predicted molar refractivity (Wildman–Crippen MR) is 67.4 cm³/mol. The number of hydrogen-bond donors (Lipinski definition) is 1. The van der Waals surface area contributed by atoms with Crippen molar-refractivity contribution < 1.29 is 9.53 Å². The Morgan fingerprint density at radius 2 is 2.38 bits per heavy atom. The van der Waals surface area contributed by atoms with Gasteiger partial charge in [0.25, 0.3) is 0 Å². The number of nitrogens with two attached hydrogens (primary N) is 1. The lowest BCUT2D eigenvalue weighted by molar-refractivity contribution is -0.143. The Balaban J connectivity index is 0.00000225. The van der Waals surface area contributed by atoms with Crippen molar-refractivity contribution in [2.45, 2.75) is 19.4 Å². The molecular formula is C10H14BrClN2O2. The summed E-state index contributed by atoms with van der Waals surface area (Å²) < 4.78 is 5.53. The van der Waals surface area contributed by atoms with Gasteiger partial charge in [0, 0.05) is 12.2 Å². The quantitative estimate of drug-likeness (QED) is 0.684. The number of nitrogens with zero attached hydrogens (tertiary/aromatic N) is 1. The molecule has 0 saturated heterocycles. The molecule has 1 aromatic heterocycles. The molecule has 1 heterocycles. The summed E-state index contributed by atoms with van der Waals surface area (Å²) in [5.41, 5.74) is 6.71. The molecule has 2 N–H and O–H groups in total. The van der Waals surface area contributed by atoms with E-state index in [1.807, 2.05) is 0 Å². The molecule has 4 nitrogen and oxygen atoms in total. The van der Waals surface area contributed by atoms with Gasteiger partial charge in [0.05, 0.1) is 13.0 Å². The summed E-state index contributed by atoms with van der Waals surface area (Å²) in [6, 6.07) is 3.24. The number of pyridine rings is 1. The molecule has 0 radical (unpaired) electrons. The Bertz CT molecular complexity index is 349. The highest BCUT2D eigenvalue weighted by molar-refractivity contribution is 9.10. The van der Waals surface area contributed by atoms with Crippen LogP contribution in [-0.2, 0) is 9.53 Å². The molecule has 0 spiro atoms. The van der Waals surface area contributed by atoms with Crippen molar-refractivity contribution in [3.8, 4) is 0 Å². The zero-order valence-corrected chi connectivity index (χ0v) is 11.3. The van der Waals surface area contributed by atoms with E-state index in [1.165, 1.54) is 0 Å². The average molecular weight is 310 g/mol. The SMILES string of the molecule is CCOC(=O)C[C@@H](N)c1ccnc(Br)c1.Cl. The monoisotopic (exact) mass is 308 g/mol. The van der Waals surface area contributed by atoms with E-state index in [0.717, 1.165) is 5.56 Å². The van der Waals surface area contributed by atoms with Gasteiger partial charge in [-0.05, 0) is 40.5 Å². The molecular weight excluding hydrogens is 295 g/mol. The molecule has 0 saturated carbocycles. The van der Waals surface area contributed by atoms with Gasteiger partial charge in [0.15, 0.2) is 0 Å². The highest BCUT2D eigenvalue weighted by atomic mass is 79.9. The lowest BCUT2D eigenvalue weighted by Crippen LogP contribution is -2.17. The first-order valence-corrected chi connectivity index (χ1v) is 5.45. The molecule has 0 amide bonds. The summed E-state index contributed by atoms with van der Waals surface area (Å²) in [5, 5.41) is 0. The molecule has 0 fully saturated rings. The first kappa shape index (κ1) is 15.3. The van der Waals surface area contributed by atoms with Crippen LogP contribution in [0.15, 0.2) is 22.9 Å². The largest absolute Gasteiger partial charge is 0.466 e. The lowest BCUT2D eigenvalue weighted by atomic mass is 10.1. The van der Waals surface area contributed by atoms with Crippen LogP contribution in [0.25, 0.3) is 0 Å². The maximum atomic E-state index is 11.2. The number of hydrogen-bond acceptors (Lipinski definition) is 4. The summed E-state index contributed by atoms with van der Waals surface area (Å²) in [7, 11) is 0. The molecule has 1 aromatic rings. The minimum absolute atomic E-state index is 0. The van der Waals surface area contributed by atoms with Gasteiger partial charge in [-0.2, -0.15) is 0 Å². The van der Waals surface area contributed by atoms with Crippen molar-refractivity contribution in [1.82, 2.24) is 4.98 Å². The number of esters is 1. The third-order valence-electron chi connectivity index (χ3n) is 1.87. The van der Waals surface area contributed by atoms with Gasteiger partial charge in [-0.1, -0.05) is 0 Å². The molecule has 16 heavy (non-hydrogen) atoms. The normalized spacial score (nSPS) is 11.4. The Morgan fingerprint density at radius 3 is 2.94 bits per heavy atom. The molecule has 0 unspecified atom stereocenters. The summed E-state index contributed by atoms with van der Waals surface area (Å²) in [6.45, 7) is 2.15. The van der Waals surface area contributed by atoms with E-state index in [2.05, 4.69) is 20.9 Å². The fourth-order valence-corrected chi connectivity index (χ4v) is 1.55. The van der Waals surface area contributed by atoms with Crippen LogP contribution >= 0.6 is 28.3 Å². The number of carbonyl (C=O) groups excluding carboxylic acids is 1. The van der Waals surface area contributed by atoms with E-state index in [0.29, 0.717) is 11.2 Å². The number of aromatic nitrogens is 1. The van der Waals surface area contributed by atoms with Gasteiger partial charge in [-0.3, -0.25) is 4.79 Å². The molecule has 90 valence electrons. The van der Waals surface area contributed by atoms with E-state index >= 15 is 0 Å². The Morgan fingerprint density at radius 1 is 1.69 bits per heavy atom. The molecule has 6 heteroatoms. The van der Waals surface area contributed by atoms with Crippen LogP contribution in [0.3, 0.4) is 0 Å². The zero-order chi connectivity index (χ0) is 11.3. The third kappa shape index (κ3) is 4.92. The van der Waals surface area contributed by atoms with Crippen LogP contribution in [0.2, 0.25) is 0 Å². The second-order valence-corrected chi connectivity index (χ2v) is 3.84. The van der Waals surface area contributed by atoms with Crippen molar-refractivity contribution in [3.63, 3.8) is 0 Å². The Kier molecular flexibility index (Phi) is 7.29. The summed E-state index contributed by atoms with van der Waals surface area (Å²) in [5.74, 6) is -0.280. The molecule has 0 aliphatic heterocycles. The number of halogens is 2. The van der Waals surface area contributed by atoms with E-state index in [4.69, 9.17) is 10.5 Å². The number of carbonyl (C=O) groups is 1. The van der Waals surface area contributed by atoms with Crippen LogP contribution in [0.5, 0.6) is 0 Å². The zero-order valence-electron chi connectivity index (χ0n) is 8.85. The summed E-state index contributed by atoms with van der Waals surface area (Å²) >= 11 is 3.24. The average Bonchev–Trinajstić information content (AvgIpc) is 2.18. The van der Waals surface area contributed by atoms with Crippen LogP contribution in [0.1, 0.15) is 24.9 Å². The second-order valence-electron chi connectivity index (χ2n) is 3.03. The number of ether oxygens (including phenoxy) is 1. The summed E-state index contributed by atoms with van der Waals surface area (Å²) in [4.78, 5) is 15.2. The van der Waals surface area contributed by atoms with E-state index in [-0.39, 0.29) is 30.8 Å². The highest BCUT2D eigenvalue weighted by Gasteiger charge is 2.12. The lowest BCUT2D eigenvalue weighted by Gasteiger charge is -2.10. The van der Waals surface area contributed by atoms with Gasteiger partial charge in [0.2, 0.25) is 0 Å². The fourth-order valence-electron chi connectivity index (χ4n) is 1.17. The van der Waals surface area contributed by atoms with Crippen molar-refractivity contribution in [3.05, 3.63) is 28.5 Å². The predicted octanol–water partition coefficient (Wildman–Crippen LogP) is 2.22. The van der Waals surface area contributed by atoms with Crippen molar-refractivity contribution in [2.75, 3.05) is 6.61 Å². The molecule has 1 rings (SSSR count). The smallest absolute Gasteiger partial charge is 0.307 e. The van der Waals surface area contributed by atoms with E-state index in [9.17, 15) is 4.79 Å². The minimum Gasteiger partial charge on any atom is -0.466 e. The Labute approximate surface area is 109 Å². The van der Waals surface area contributed by atoms with Crippen molar-refractivity contribution >= 4 is 34.3 Å². The molecule has 0 bridgehead atoms. The third-order valence-corrected chi connectivity index (χ3v) is 2.30. The topological polar surface area (TPSA) is 65.2 Å². The fraction of sp³-hybridized carbons (Fsp3) is 0.400. The molecule has 0 aliphatic rings. The second kappa shape index (κ2) is 7.60.